The fraction of sp³-hybridized carbons (Fsp3) is 0.238. The van der Waals surface area contributed by atoms with E-state index in [-0.39, 0.29) is 11.4 Å². The normalized spacial score (nSPS) is 12.1. The lowest BCUT2D eigenvalue weighted by atomic mass is 10.0. The summed E-state index contributed by atoms with van der Waals surface area (Å²) < 4.78 is 11.3. The predicted octanol–water partition coefficient (Wildman–Crippen LogP) is 4.31. The highest BCUT2D eigenvalue weighted by Crippen LogP contribution is 2.29. The summed E-state index contributed by atoms with van der Waals surface area (Å²) in [5.74, 6) is 0.449. The molecule has 1 atom stereocenters. The molecule has 3 rings (SSSR count). The summed E-state index contributed by atoms with van der Waals surface area (Å²) in [5.41, 5.74) is 2.40. The van der Waals surface area contributed by atoms with Crippen molar-refractivity contribution < 1.29 is 13.9 Å². The standard InChI is InChI=1S/C21H20O4/c1-4-15-12-19(22)25-21-13(2)18(11-10-17(15)21)24-14(3)20(23)16-8-6-5-7-9-16/h5-12,14H,4H2,1-3H3. The number of ether oxygens (including phenoxy) is 1. The van der Waals surface area contributed by atoms with Crippen molar-refractivity contribution in [1.29, 1.82) is 0 Å². The Labute approximate surface area is 146 Å². The van der Waals surface area contributed by atoms with E-state index in [9.17, 15) is 9.59 Å². The van der Waals surface area contributed by atoms with Crippen molar-refractivity contribution in [2.75, 3.05) is 0 Å². The van der Waals surface area contributed by atoms with Crippen LogP contribution < -0.4 is 10.4 Å². The van der Waals surface area contributed by atoms with Crippen molar-refractivity contribution in [3.05, 3.63) is 75.6 Å². The maximum Gasteiger partial charge on any atom is 0.336 e. The van der Waals surface area contributed by atoms with Gasteiger partial charge in [0.05, 0.1) is 0 Å². The van der Waals surface area contributed by atoms with Crippen molar-refractivity contribution in [3.8, 4) is 5.75 Å². The number of fused-ring (bicyclic) bond motifs is 1. The fourth-order valence-electron chi connectivity index (χ4n) is 2.91. The second kappa shape index (κ2) is 6.93. The zero-order chi connectivity index (χ0) is 18.0. The Morgan fingerprint density at radius 3 is 2.56 bits per heavy atom. The number of Topliss-reactive ketones (excluding diaryl/α,β-unsaturated/α-hetero) is 1. The van der Waals surface area contributed by atoms with Gasteiger partial charge in [-0.15, -0.1) is 0 Å². The summed E-state index contributed by atoms with van der Waals surface area (Å²) in [7, 11) is 0. The number of aryl methyl sites for hydroxylation is 2. The van der Waals surface area contributed by atoms with E-state index in [0.717, 1.165) is 22.9 Å². The molecule has 0 amide bonds. The van der Waals surface area contributed by atoms with Crippen LogP contribution in [0.2, 0.25) is 0 Å². The van der Waals surface area contributed by atoms with Gasteiger partial charge in [-0.2, -0.15) is 0 Å². The lowest BCUT2D eigenvalue weighted by Gasteiger charge is -2.16. The van der Waals surface area contributed by atoms with Crippen molar-refractivity contribution in [1.82, 2.24) is 0 Å². The van der Waals surface area contributed by atoms with Gasteiger partial charge < -0.3 is 9.15 Å². The van der Waals surface area contributed by atoms with Crippen molar-refractivity contribution >= 4 is 16.8 Å². The average Bonchev–Trinajstić information content (AvgIpc) is 2.63. The molecule has 3 aromatic rings. The van der Waals surface area contributed by atoms with Crippen LogP contribution >= 0.6 is 0 Å². The molecule has 0 radical (unpaired) electrons. The van der Waals surface area contributed by atoms with Gasteiger partial charge in [0.1, 0.15) is 11.3 Å². The van der Waals surface area contributed by atoms with Crippen molar-refractivity contribution in [3.63, 3.8) is 0 Å². The largest absolute Gasteiger partial charge is 0.482 e. The molecule has 0 saturated carbocycles. The molecule has 0 saturated heterocycles. The van der Waals surface area contributed by atoms with Crippen molar-refractivity contribution in [2.24, 2.45) is 0 Å². The van der Waals surface area contributed by atoms with Gasteiger partial charge in [0.25, 0.3) is 0 Å². The molecular formula is C21H20O4. The van der Waals surface area contributed by atoms with Gasteiger partial charge >= 0.3 is 5.63 Å². The van der Waals surface area contributed by atoms with Crippen LogP contribution in [-0.2, 0) is 6.42 Å². The molecule has 2 aromatic carbocycles. The van der Waals surface area contributed by atoms with Gasteiger partial charge in [-0.3, -0.25) is 4.79 Å². The van der Waals surface area contributed by atoms with Crippen LogP contribution in [0, 0.1) is 6.92 Å². The third-order valence-corrected chi connectivity index (χ3v) is 4.31. The SMILES string of the molecule is CCc1cc(=O)oc2c(C)c(OC(C)C(=O)c3ccccc3)ccc12. The molecular weight excluding hydrogens is 316 g/mol. The number of carbonyl (C=O) groups excluding carboxylic acids is 1. The highest BCUT2D eigenvalue weighted by atomic mass is 16.5. The van der Waals surface area contributed by atoms with Gasteiger partial charge in [0.15, 0.2) is 6.10 Å². The quantitative estimate of drug-likeness (QED) is 0.514. The first-order valence-corrected chi connectivity index (χ1v) is 8.33. The second-order valence-electron chi connectivity index (χ2n) is 6.00. The lowest BCUT2D eigenvalue weighted by molar-refractivity contribution is 0.0817. The average molecular weight is 336 g/mol. The molecule has 128 valence electrons. The van der Waals surface area contributed by atoms with Crippen LogP contribution in [0.25, 0.3) is 11.0 Å². The minimum Gasteiger partial charge on any atom is -0.482 e. The smallest absolute Gasteiger partial charge is 0.336 e. The molecule has 0 N–H and O–H groups in total. The summed E-state index contributed by atoms with van der Waals surface area (Å²) in [6, 6.07) is 14.3. The van der Waals surface area contributed by atoms with E-state index in [1.165, 1.54) is 6.07 Å². The Morgan fingerprint density at radius 1 is 1.16 bits per heavy atom. The minimum absolute atomic E-state index is 0.0936. The van der Waals surface area contributed by atoms with Gasteiger partial charge in [0.2, 0.25) is 5.78 Å². The molecule has 25 heavy (non-hydrogen) atoms. The van der Waals surface area contributed by atoms with E-state index in [1.807, 2.05) is 44.2 Å². The topological polar surface area (TPSA) is 56.5 Å². The third kappa shape index (κ3) is 3.33. The Bertz CT molecular complexity index is 970. The van der Waals surface area contributed by atoms with Crippen LogP contribution in [0.4, 0.5) is 0 Å². The van der Waals surface area contributed by atoms with Crippen LogP contribution in [0.15, 0.2) is 57.7 Å². The maximum atomic E-state index is 12.5. The van der Waals surface area contributed by atoms with E-state index in [4.69, 9.17) is 9.15 Å². The molecule has 4 heteroatoms. The molecule has 0 aliphatic heterocycles. The van der Waals surface area contributed by atoms with E-state index in [2.05, 4.69) is 0 Å². The second-order valence-corrected chi connectivity index (χ2v) is 6.00. The van der Waals surface area contributed by atoms with Gasteiger partial charge in [-0.25, -0.2) is 4.79 Å². The first kappa shape index (κ1) is 17.0. The summed E-state index contributed by atoms with van der Waals surface area (Å²) in [6.07, 6.45) is 0.101. The fourth-order valence-corrected chi connectivity index (χ4v) is 2.91. The third-order valence-electron chi connectivity index (χ3n) is 4.31. The predicted molar refractivity (Wildman–Crippen MR) is 97.5 cm³/mol. The Balaban J connectivity index is 1.95. The summed E-state index contributed by atoms with van der Waals surface area (Å²) in [6.45, 7) is 5.55. The Morgan fingerprint density at radius 2 is 1.88 bits per heavy atom. The summed E-state index contributed by atoms with van der Waals surface area (Å²) in [5, 5.41) is 0.897. The number of rotatable bonds is 5. The molecule has 1 heterocycles. The maximum absolute atomic E-state index is 12.5. The number of hydrogen-bond donors (Lipinski definition) is 0. The zero-order valence-electron chi connectivity index (χ0n) is 14.5. The Hall–Kier alpha value is -2.88. The van der Waals surface area contributed by atoms with Crippen LogP contribution in [0.1, 0.15) is 35.3 Å². The molecule has 1 unspecified atom stereocenters. The minimum atomic E-state index is -0.639. The molecule has 4 nitrogen and oxygen atoms in total. The van der Waals surface area contributed by atoms with E-state index in [0.29, 0.717) is 16.9 Å². The van der Waals surface area contributed by atoms with Crippen LogP contribution in [0.3, 0.4) is 0 Å². The van der Waals surface area contributed by atoms with Gasteiger partial charge in [-0.1, -0.05) is 37.3 Å². The number of ketones is 1. The summed E-state index contributed by atoms with van der Waals surface area (Å²) in [4.78, 5) is 24.3. The molecule has 0 aliphatic carbocycles. The zero-order valence-corrected chi connectivity index (χ0v) is 14.5. The number of hydrogen-bond acceptors (Lipinski definition) is 4. The number of benzene rings is 2. The molecule has 0 bridgehead atoms. The molecule has 0 spiro atoms. The van der Waals surface area contributed by atoms with Crippen LogP contribution in [0.5, 0.6) is 5.75 Å². The number of carbonyl (C=O) groups is 1. The van der Waals surface area contributed by atoms with E-state index in [1.54, 1.807) is 19.1 Å². The molecule has 1 aromatic heterocycles. The van der Waals surface area contributed by atoms with E-state index >= 15 is 0 Å². The first-order chi connectivity index (χ1) is 12.0. The first-order valence-electron chi connectivity index (χ1n) is 8.33. The highest BCUT2D eigenvalue weighted by molar-refractivity contribution is 5.99. The molecule has 0 fully saturated rings. The monoisotopic (exact) mass is 336 g/mol. The summed E-state index contributed by atoms with van der Waals surface area (Å²) >= 11 is 0. The van der Waals surface area contributed by atoms with E-state index < -0.39 is 6.10 Å². The van der Waals surface area contributed by atoms with Crippen molar-refractivity contribution in [2.45, 2.75) is 33.3 Å². The Kier molecular flexibility index (Phi) is 4.70. The highest BCUT2D eigenvalue weighted by Gasteiger charge is 2.19. The van der Waals surface area contributed by atoms with Gasteiger partial charge in [0, 0.05) is 22.6 Å². The lowest BCUT2D eigenvalue weighted by Crippen LogP contribution is -2.24. The molecule has 0 aliphatic rings. The van der Waals surface area contributed by atoms with Gasteiger partial charge in [-0.05, 0) is 38.0 Å². The van der Waals surface area contributed by atoms with Crippen LogP contribution in [-0.4, -0.2) is 11.9 Å².